The van der Waals surface area contributed by atoms with E-state index >= 15 is 0 Å². The zero-order valence-electron chi connectivity index (χ0n) is 25.6. The molecule has 4 rings (SSSR count). The molecule has 0 aromatic heterocycles. The first-order chi connectivity index (χ1) is 18.9. The number of Topliss-reactive ketones (excluding diaryl/α,β-unsaturated/α-hetero) is 1. The Kier molecular flexibility index (Phi) is 13.1. The molecule has 4 fully saturated rings. The monoisotopic (exact) mass is 833 g/mol. The molecular weight excluding hydrogens is 790 g/mol. The van der Waals surface area contributed by atoms with E-state index in [2.05, 4.69) is 6.58 Å². The van der Waals surface area contributed by atoms with E-state index in [0.717, 1.165) is 0 Å². The summed E-state index contributed by atoms with van der Waals surface area (Å²) in [5.74, 6) is -4.31. The summed E-state index contributed by atoms with van der Waals surface area (Å²) in [5.41, 5.74) is -3.05. The van der Waals surface area contributed by atoms with Crippen molar-refractivity contribution in [1.29, 1.82) is 0 Å². The van der Waals surface area contributed by atoms with Crippen molar-refractivity contribution in [2.24, 2.45) is 34.0 Å². The Labute approximate surface area is 268 Å². The van der Waals surface area contributed by atoms with Crippen LogP contribution in [0.1, 0.15) is 67.7 Å². The van der Waals surface area contributed by atoms with Gasteiger partial charge in [-0.05, 0) is 36.2 Å². The summed E-state index contributed by atoms with van der Waals surface area (Å²) in [6.45, 7) is 14.6. The van der Waals surface area contributed by atoms with Crippen molar-refractivity contribution in [2.75, 3.05) is 0 Å². The molecule has 0 amide bonds. The van der Waals surface area contributed by atoms with Crippen LogP contribution in [-0.4, -0.2) is 65.3 Å². The van der Waals surface area contributed by atoms with Gasteiger partial charge in [0, 0.05) is 44.9 Å². The zero-order chi connectivity index (χ0) is 31.2. The van der Waals surface area contributed by atoms with Gasteiger partial charge in [0.25, 0.3) is 0 Å². The van der Waals surface area contributed by atoms with E-state index < -0.39 is 99.0 Å². The summed E-state index contributed by atoms with van der Waals surface area (Å²) in [6, 6.07) is 0. The predicted octanol–water partition coefficient (Wildman–Crippen LogP) is 3.99. The van der Waals surface area contributed by atoms with Crippen LogP contribution in [0, 0.1) is 34.0 Å². The molecule has 0 radical (unpaired) electrons. The van der Waals surface area contributed by atoms with Gasteiger partial charge in [-0.25, -0.2) is 0 Å². The third-order valence-corrected chi connectivity index (χ3v) is 9.57. The van der Waals surface area contributed by atoms with Gasteiger partial charge in [-0.15, -0.1) is 0 Å². The second kappa shape index (κ2) is 14.2. The summed E-state index contributed by atoms with van der Waals surface area (Å²) < 4.78 is 23.1. The third kappa shape index (κ3) is 6.70. The van der Waals surface area contributed by atoms with Gasteiger partial charge in [-0.1, -0.05) is 27.4 Å². The van der Waals surface area contributed by atoms with Gasteiger partial charge < -0.3 is 36.4 Å². The van der Waals surface area contributed by atoms with Crippen LogP contribution in [0.4, 0.5) is 0 Å². The Balaban J connectivity index is 0.00000177. The molecule has 0 saturated heterocycles. The van der Waals surface area contributed by atoms with E-state index in [4.69, 9.17) is 37.8 Å². The summed E-state index contributed by atoms with van der Waals surface area (Å²) in [4.78, 5) is 63.0. The van der Waals surface area contributed by atoms with Gasteiger partial charge in [-0.2, -0.15) is 0 Å². The number of hydrogen-bond acceptors (Lipinski definition) is 12. The van der Waals surface area contributed by atoms with Crippen molar-refractivity contribution in [3.8, 4) is 0 Å². The summed E-state index contributed by atoms with van der Waals surface area (Å²) in [7, 11) is 9.75. The molecule has 12 nitrogen and oxygen atoms in total. The zero-order valence-corrected chi connectivity index (χ0v) is 29.3. The normalized spacial score (nSPS) is 38.4. The molecule has 15 heteroatoms. The van der Waals surface area contributed by atoms with Crippen molar-refractivity contribution >= 4 is 48.5 Å². The van der Waals surface area contributed by atoms with Crippen molar-refractivity contribution in [1.82, 2.24) is 12.3 Å². The third-order valence-electron chi connectivity index (χ3n) is 9.57. The van der Waals surface area contributed by atoms with Crippen LogP contribution in [0.15, 0.2) is 12.2 Å². The Morgan fingerprint density at radius 1 is 0.837 bits per heavy atom. The number of halogens is 2. The van der Waals surface area contributed by atoms with Crippen LogP contribution in [0.25, 0.3) is 0 Å². The molecule has 0 unspecified atom stereocenters. The van der Waals surface area contributed by atoms with Gasteiger partial charge in [0.15, 0.2) is 5.78 Å². The Bertz CT molecular complexity index is 1140. The number of aliphatic hydroxyl groups excluding tert-OH is 1. The summed E-state index contributed by atoms with van der Waals surface area (Å²) >= 11 is -0.472. The molecule has 43 heavy (non-hydrogen) atoms. The average molecular weight is 835 g/mol. The number of carbonyl (C=O) groups is 5. The van der Waals surface area contributed by atoms with Gasteiger partial charge >= 0.3 is 59.2 Å². The molecule has 7 N–H and O–H groups in total. The quantitative estimate of drug-likeness (QED) is 0.209. The topological polar surface area (TPSA) is 213 Å². The van der Waals surface area contributed by atoms with Crippen molar-refractivity contribution in [2.45, 2.75) is 98.2 Å². The minimum atomic E-state index is -1.43. The molecule has 250 valence electrons. The fraction of sp³-hybridized carbons (Fsp3) is 0.750. The molecule has 4 aliphatic carbocycles. The fourth-order valence-electron chi connectivity index (χ4n) is 8.95. The van der Waals surface area contributed by atoms with Crippen LogP contribution in [0.3, 0.4) is 0 Å². The number of ketones is 1. The van der Waals surface area contributed by atoms with Crippen LogP contribution in [0.5, 0.6) is 0 Å². The molecule has 0 aromatic rings. The Morgan fingerprint density at radius 3 is 1.77 bits per heavy atom. The first kappa shape index (κ1) is 39.5. The maximum absolute atomic E-state index is 14.0. The van der Waals surface area contributed by atoms with Gasteiger partial charge in [-0.3, -0.25) is 24.0 Å². The van der Waals surface area contributed by atoms with Gasteiger partial charge in [0.2, 0.25) is 0 Å². The van der Waals surface area contributed by atoms with E-state index in [1.807, 2.05) is 20.8 Å². The van der Waals surface area contributed by atoms with E-state index in [-0.39, 0.29) is 36.8 Å². The second-order valence-corrected chi connectivity index (χ2v) is 15.7. The van der Waals surface area contributed by atoms with Gasteiger partial charge in [0.1, 0.15) is 30.5 Å². The Morgan fingerprint density at radius 2 is 1.30 bits per heavy atom. The molecule has 1 spiro atoms. The van der Waals surface area contributed by atoms with E-state index in [1.54, 1.807) is 0 Å². The summed E-state index contributed by atoms with van der Waals surface area (Å²) in [6.07, 6.45) is -4.38. The number of carbonyl (C=O) groups excluding carboxylic acids is 5. The number of fused-ring (bicyclic) bond motifs is 3. The van der Waals surface area contributed by atoms with Gasteiger partial charge in [0.05, 0.1) is 5.41 Å². The average Bonchev–Trinajstić information content (AvgIpc) is 3.00. The summed E-state index contributed by atoms with van der Waals surface area (Å²) in [5, 5.41) is 12.0. The molecule has 2 bridgehead atoms. The predicted molar refractivity (Wildman–Crippen MR) is 153 cm³/mol. The molecule has 4 saturated carbocycles. The van der Waals surface area contributed by atoms with Crippen LogP contribution >= 0.6 is 18.8 Å². The Hall–Kier alpha value is -1.56. The maximum atomic E-state index is 14.0. The first-order valence-corrected chi connectivity index (χ1v) is 19.0. The number of allylic oxidation sites excluding steroid dienone is 1. The number of aliphatic hydroxyl groups is 1. The van der Waals surface area contributed by atoms with Crippen LogP contribution in [-0.2, 0) is 59.4 Å². The van der Waals surface area contributed by atoms with E-state index in [1.165, 1.54) is 27.7 Å². The molecule has 0 heterocycles. The van der Waals surface area contributed by atoms with E-state index in [0.29, 0.717) is 12.0 Å². The first-order valence-electron chi connectivity index (χ1n) is 13.3. The van der Waals surface area contributed by atoms with Crippen molar-refractivity contribution in [3.05, 3.63) is 12.2 Å². The molecule has 0 aliphatic heterocycles. The van der Waals surface area contributed by atoms with Crippen molar-refractivity contribution in [3.63, 3.8) is 0 Å². The fourth-order valence-corrected chi connectivity index (χ4v) is 8.95. The number of rotatable bonds is 4. The van der Waals surface area contributed by atoms with E-state index in [9.17, 15) is 29.1 Å². The van der Waals surface area contributed by atoms with Crippen LogP contribution < -0.4 is 12.3 Å². The number of esters is 4. The number of ether oxygens (including phenoxy) is 4. The standard InChI is InChI=1S/C28H38O10.2ClH.2H3N.Pt/c1-12-17-9-18(35-13(2)29)21-27(8)11-19(36-14(3)30)25(38-16(5)32)26(6,7)22(27)20(37-15(4)31)24(34)28(21,10-17)23(12)33;;;;;/h17-22,24-25,34H,1,9-11H2,2-8H3;2*1H;2*1H3;/q;;;;;+2/p-2/t17-,18+,19+,20-,21+,22-,24+,25+,27+,28+;;;;;/m1...../s1. The molecule has 10 atom stereocenters. The number of hydrogen-bond donors (Lipinski definition) is 3. The SMILES string of the molecule is C=C1C(=O)[C@]23C[C@H]1C[C@H](OC(C)=O)[C@H]2[C@]1(C)C[C@H](OC(C)=O)[C@H](OC(C)=O)C(C)(C)[C@H]1[C@@H](OC(C)=O)[C@@H]3O.N.N.[Cl][Pt][Cl]. The molecule has 0 aromatic carbocycles. The van der Waals surface area contributed by atoms with Crippen molar-refractivity contribution < 1.29 is 64.5 Å². The minimum absolute atomic E-state index is 0. The second-order valence-electron chi connectivity index (χ2n) is 12.4. The van der Waals surface area contributed by atoms with Crippen LogP contribution in [0.2, 0.25) is 0 Å². The molecular formula is C28H44Cl2N2O10Pt. The molecule has 4 aliphatic rings.